The van der Waals surface area contributed by atoms with Gasteiger partial charge in [0.2, 0.25) is 0 Å². The van der Waals surface area contributed by atoms with Crippen LogP contribution in [0.1, 0.15) is 47.5 Å². The molecule has 0 aromatic heterocycles. The van der Waals surface area contributed by atoms with E-state index in [1.807, 2.05) is 26.0 Å². The van der Waals surface area contributed by atoms with Crippen LogP contribution in [-0.4, -0.2) is 36.2 Å². The first-order chi connectivity index (χ1) is 13.1. The monoisotopic (exact) mass is 388 g/mol. The third kappa shape index (κ3) is 5.21. The van der Waals surface area contributed by atoms with Crippen molar-refractivity contribution < 1.29 is 28.6 Å². The van der Waals surface area contributed by atoms with Crippen molar-refractivity contribution in [3.8, 4) is 0 Å². The van der Waals surface area contributed by atoms with E-state index in [0.717, 1.165) is 11.1 Å². The molecule has 4 atom stereocenters. The SMILES string of the molecule is C=C1C(=O)O[C@@H]2/C=C(\C)C[C@H](OC(C)=O)/C=C(\C)C[C@@H](OC(=O)/C(C)=C\C)[C@@H]12. The quantitative estimate of drug-likeness (QED) is 0.318. The summed E-state index contributed by atoms with van der Waals surface area (Å²) in [6.07, 6.45) is 4.61. The Kier molecular flexibility index (Phi) is 7.00. The second kappa shape index (κ2) is 9.04. The van der Waals surface area contributed by atoms with E-state index in [-0.39, 0.29) is 5.97 Å². The highest BCUT2D eigenvalue weighted by Crippen LogP contribution is 2.36. The summed E-state index contributed by atoms with van der Waals surface area (Å²) in [5, 5.41) is 0. The smallest absolute Gasteiger partial charge is 0.334 e. The number of esters is 3. The fourth-order valence-electron chi connectivity index (χ4n) is 3.49. The highest BCUT2D eigenvalue weighted by Gasteiger charge is 2.44. The van der Waals surface area contributed by atoms with E-state index in [1.54, 1.807) is 19.9 Å². The molecule has 2 rings (SSSR count). The molecule has 2 aliphatic rings. The molecule has 0 amide bonds. The summed E-state index contributed by atoms with van der Waals surface area (Å²) in [6.45, 7) is 12.4. The van der Waals surface area contributed by atoms with Gasteiger partial charge in [0, 0.05) is 30.9 Å². The predicted octanol–water partition coefficient (Wildman–Crippen LogP) is 3.58. The van der Waals surface area contributed by atoms with E-state index in [2.05, 4.69) is 6.58 Å². The second-order valence-electron chi connectivity index (χ2n) is 7.42. The maximum absolute atomic E-state index is 12.4. The van der Waals surface area contributed by atoms with Gasteiger partial charge in [-0.25, -0.2) is 9.59 Å². The largest absolute Gasteiger partial charge is 0.458 e. The molecule has 1 heterocycles. The van der Waals surface area contributed by atoms with E-state index in [1.165, 1.54) is 6.92 Å². The van der Waals surface area contributed by atoms with Crippen LogP contribution in [0.3, 0.4) is 0 Å². The molecule has 28 heavy (non-hydrogen) atoms. The van der Waals surface area contributed by atoms with Gasteiger partial charge in [0.15, 0.2) is 0 Å². The number of hydrogen-bond acceptors (Lipinski definition) is 6. The molecule has 0 N–H and O–H groups in total. The molecule has 1 saturated heterocycles. The van der Waals surface area contributed by atoms with Gasteiger partial charge in [-0.3, -0.25) is 4.79 Å². The number of rotatable bonds is 3. The molecule has 0 spiro atoms. The van der Waals surface area contributed by atoms with Crippen molar-refractivity contribution in [2.45, 2.75) is 65.8 Å². The minimum absolute atomic E-state index is 0.301. The first-order valence-electron chi connectivity index (χ1n) is 9.37. The van der Waals surface area contributed by atoms with Crippen molar-refractivity contribution in [1.82, 2.24) is 0 Å². The van der Waals surface area contributed by atoms with E-state index < -0.39 is 36.2 Å². The molecular weight excluding hydrogens is 360 g/mol. The number of carbonyl (C=O) groups excluding carboxylic acids is 3. The zero-order valence-corrected chi connectivity index (χ0v) is 17.1. The minimum Gasteiger partial charge on any atom is -0.458 e. The Labute approximate surface area is 165 Å². The average molecular weight is 388 g/mol. The summed E-state index contributed by atoms with van der Waals surface area (Å²) in [5.41, 5.74) is 2.58. The fourth-order valence-corrected chi connectivity index (χ4v) is 3.49. The van der Waals surface area contributed by atoms with Gasteiger partial charge >= 0.3 is 17.9 Å². The predicted molar refractivity (Wildman–Crippen MR) is 104 cm³/mol. The van der Waals surface area contributed by atoms with Gasteiger partial charge in [-0.05, 0) is 39.8 Å². The van der Waals surface area contributed by atoms with E-state index in [9.17, 15) is 14.4 Å². The topological polar surface area (TPSA) is 78.9 Å². The van der Waals surface area contributed by atoms with E-state index >= 15 is 0 Å². The van der Waals surface area contributed by atoms with Gasteiger partial charge < -0.3 is 14.2 Å². The maximum Gasteiger partial charge on any atom is 0.334 e. The third-order valence-corrected chi connectivity index (χ3v) is 4.96. The van der Waals surface area contributed by atoms with E-state index in [4.69, 9.17) is 14.2 Å². The standard InChI is InChI=1S/C22H28O6/c1-7-14(4)21(24)27-18-10-12(2)8-17(26-16(6)23)9-13(3)11-19-20(18)15(5)22(25)28-19/h7-8,11,17-20H,5,9-10H2,1-4,6H3/b12-8+,13-11+,14-7-/t17-,18-,19-,20-/m1/s1. The summed E-state index contributed by atoms with van der Waals surface area (Å²) in [5.74, 6) is -1.77. The summed E-state index contributed by atoms with van der Waals surface area (Å²) in [6, 6.07) is 0. The molecule has 1 aliphatic heterocycles. The van der Waals surface area contributed by atoms with Gasteiger partial charge in [0.05, 0.1) is 5.92 Å². The number of hydrogen-bond donors (Lipinski definition) is 0. The molecule has 6 heteroatoms. The van der Waals surface area contributed by atoms with Crippen LogP contribution < -0.4 is 0 Å². The van der Waals surface area contributed by atoms with Crippen LogP contribution >= 0.6 is 0 Å². The lowest BCUT2D eigenvalue weighted by Crippen LogP contribution is -2.34. The van der Waals surface area contributed by atoms with Gasteiger partial charge in [0.25, 0.3) is 0 Å². The van der Waals surface area contributed by atoms with Crippen molar-refractivity contribution in [2.75, 3.05) is 0 Å². The Morgan fingerprint density at radius 3 is 2.39 bits per heavy atom. The lowest BCUT2D eigenvalue weighted by atomic mass is 9.85. The summed E-state index contributed by atoms with van der Waals surface area (Å²) < 4.78 is 16.6. The summed E-state index contributed by atoms with van der Waals surface area (Å²) in [7, 11) is 0. The van der Waals surface area contributed by atoms with Crippen molar-refractivity contribution in [3.05, 3.63) is 47.1 Å². The minimum atomic E-state index is -0.622. The lowest BCUT2D eigenvalue weighted by Gasteiger charge is -2.28. The Hall–Kier alpha value is -2.63. The average Bonchev–Trinajstić information content (AvgIpc) is 2.85. The number of fused-ring (bicyclic) bond motifs is 1. The Bertz CT molecular complexity index is 770. The first-order valence-corrected chi connectivity index (χ1v) is 9.37. The van der Waals surface area contributed by atoms with Crippen LogP contribution in [0.2, 0.25) is 0 Å². The van der Waals surface area contributed by atoms with Gasteiger partial charge in [0.1, 0.15) is 18.3 Å². The fraction of sp³-hybridized carbons (Fsp3) is 0.500. The molecule has 1 aliphatic carbocycles. The molecule has 0 saturated carbocycles. The van der Waals surface area contributed by atoms with Crippen LogP contribution in [0.25, 0.3) is 0 Å². The Balaban J connectivity index is 2.44. The molecule has 0 unspecified atom stereocenters. The number of ether oxygens (including phenoxy) is 3. The van der Waals surface area contributed by atoms with Gasteiger partial charge in [-0.15, -0.1) is 0 Å². The second-order valence-corrected chi connectivity index (χ2v) is 7.42. The molecule has 6 nitrogen and oxygen atoms in total. The lowest BCUT2D eigenvalue weighted by molar-refractivity contribution is -0.147. The van der Waals surface area contributed by atoms with Crippen LogP contribution in [0.5, 0.6) is 0 Å². The summed E-state index contributed by atoms with van der Waals surface area (Å²) >= 11 is 0. The normalized spacial score (nSPS) is 32.2. The zero-order chi connectivity index (χ0) is 21.0. The van der Waals surface area contributed by atoms with Crippen LogP contribution in [-0.2, 0) is 28.6 Å². The Morgan fingerprint density at radius 2 is 1.79 bits per heavy atom. The highest BCUT2D eigenvalue weighted by atomic mass is 16.6. The summed E-state index contributed by atoms with van der Waals surface area (Å²) in [4.78, 5) is 36.0. The zero-order valence-electron chi connectivity index (χ0n) is 17.1. The van der Waals surface area contributed by atoms with Crippen molar-refractivity contribution >= 4 is 17.9 Å². The van der Waals surface area contributed by atoms with Crippen molar-refractivity contribution in [2.24, 2.45) is 5.92 Å². The molecule has 152 valence electrons. The molecule has 0 bridgehead atoms. The maximum atomic E-state index is 12.4. The van der Waals surface area contributed by atoms with E-state index in [0.29, 0.717) is 24.0 Å². The van der Waals surface area contributed by atoms with Gasteiger partial charge in [-0.1, -0.05) is 23.8 Å². The Morgan fingerprint density at radius 1 is 1.14 bits per heavy atom. The van der Waals surface area contributed by atoms with Crippen LogP contribution in [0.4, 0.5) is 0 Å². The van der Waals surface area contributed by atoms with Crippen LogP contribution in [0.15, 0.2) is 47.1 Å². The number of carbonyl (C=O) groups is 3. The number of allylic oxidation sites excluding steroid dienone is 1. The molecule has 1 fully saturated rings. The molecule has 0 radical (unpaired) electrons. The highest BCUT2D eigenvalue weighted by molar-refractivity contribution is 5.92. The van der Waals surface area contributed by atoms with Crippen molar-refractivity contribution in [1.29, 1.82) is 0 Å². The molecular formula is C22H28O6. The third-order valence-electron chi connectivity index (χ3n) is 4.96. The van der Waals surface area contributed by atoms with Gasteiger partial charge in [-0.2, -0.15) is 0 Å². The van der Waals surface area contributed by atoms with Crippen LogP contribution in [0, 0.1) is 5.92 Å². The van der Waals surface area contributed by atoms with Crippen molar-refractivity contribution in [3.63, 3.8) is 0 Å². The molecule has 0 aromatic carbocycles. The molecule has 0 aromatic rings. The first kappa shape index (κ1) is 21.7.